The smallest absolute Gasteiger partial charge is 0.138 e. The van der Waals surface area contributed by atoms with Crippen molar-refractivity contribution in [2.45, 2.75) is 32.4 Å². The van der Waals surface area contributed by atoms with E-state index in [1.54, 1.807) is 18.1 Å². The summed E-state index contributed by atoms with van der Waals surface area (Å²) >= 11 is 0. The molecule has 16 heavy (non-hydrogen) atoms. The lowest BCUT2D eigenvalue weighted by molar-refractivity contribution is 0.0346. The Morgan fingerprint density at radius 2 is 2.19 bits per heavy atom. The Bertz CT molecular complexity index is 311. The van der Waals surface area contributed by atoms with Crippen molar-refractivity contribution in [2.75, 3.05) is 14.2 Å². The number of nitrogens with zero attached hydrogens (tertiary/aromatic N) is 3. The Hall–Kier alpha value is -0.940. The molecule has 0 spiro atoms. The topological polar surface area (TPSA) is 52.0 Å². The molecule has 5 nitrogen and oxygen atoms in total. The highest BCUT2D eigenvalue weighted by atomic mass is 16.5. The van der Waals surface area contributed by atoms with Crippen LogP contribution in [0.5, 0.6) is 0 Å². The fourth-order valence-corrected chi connectivity index (χ4v) is 1.99. The van der Waals surface area contributed by atoms with Crippen molar-refractivity contribution in [3.8, 4) is 0 Å². The summed E-state index contributed by atoms with van der Waals surface area (Å²) in [5.41, 5.74) is 0. The molecule has 1 heterocycles. The zero-order valence-electron chi connectivity index (χ0n) is 10.8. The van der Waals surface area contributed by atoms with Gasteiger partial charge in [0.25, 0.3) is 0 Å². The van der Waals surface area contributed by atoms with Crippen LogP contribution in [0.15, 0.2) is 6.33 Å². The van der Waals surface area contributed by atoms with E-state index in [-0.39, 0.29) is 12.1 Å². The lowest BCUT2D eigenvalue weighted by Crippen LogP contribution is -2.44. The number of hydrogen-bond donors (Lipinski definition) is 1. The summed E-state index contributed by atoms with van der Waals surface area (Å²) in [7, 11) is 5.62. The number of ether oxygens (including phenoxy) is 1. The summed E-state index contributed by atoms with van der Waals surface area (Å²) in [6, 6.07) is 0.257. The Balaban J connectivity index is 2.71. The van der Waals surface area contributed by atoms with Crippen LogP contribution in [-0.4, -0.2) is 41.1 Å². The number of hydrogen-bond acceptors (Lipinski definition) is 4. The Kier molecular flexibility index (Phi) is 4.89. The maximum Gasteiger partial charge on any atom is 0.138 e. The molecule has 1 rings (SSSR count). The van der Waals surface area contributed by atoms with Crippen molar-refractivity contribution < 1.29 is 4.74 Å². The van der Waals surface area contributed by atoms with Crippen LogP contribution >= 0.6 is 0 Å². The summed E-state index contributed by atoms with van der Waals surface area (Å²) in [5.74, 6) is 1.44. The number of aryl methyl sites for hydroxylation is 1. The lowest BCUT2D eigenvalue weighted by Gasteiger charge is -2.28. The third-order valence-corrected chi connectivity index (χ3v) is 2.90. The van der Waals surface area contributed by atoms with Crippen LogP contribution in [0.1, 0.15) is 19.7 Å². The van der Waals surface area contributed by atoms with Gasteiger partial charge < -0.3 is 10.1 Å². The van der Waals surface area contributed by atoms with Gasteiger partial charge in [-0.15, -0.1) is 0 Å². The molecule has 2 unspecified atom stereocenters. The summed E-state index contributed by atoms with van der Waals surface area (Å²) in [4.78, 5) is 4.24. The molecule has 2 atom stereocenters. The monoisotopic (exact) mass is 226 g/mol. The second-order valence-electron chi connectivity index (χ2n) is 4.34. The predicted octanol–water partition coefficient (Wildman–Crippen LogP) is 0.617. The number of nitrogens with one attached hydrogen (secondary N) is 1. The molecule has 0 amide bonds. The van der Waals surface area contributed by atoms with Gasteiger partial charge in [0.1, 0.15) is 12.2 Å². The van der Waals surface area contributed by atoms with Gasteiger partial charge in [-0.3, -0.25) is 4.68 Å². The molecular formula is C11H22N4O. The van der Waals surface area contributed by atoms with Crippen molar-refractivity contribution in [3.05, 3.63) is 12.2 Å². The summed E-state index contributed by atoms with van der Waals surface area (Å²) < 4.78 is 7.34. The molecule has 1 aromatic heterocycles. The average Bonchev–Trinajstić information content (AvgIpc) is 2.63. The first kappa shape index (κ1) is 13.1. The first-order valence-corrected chi connectivity index (χ1v) is 5.63. The summed E-state index contributed by atoms with van der Waals surface area (Å²) in [5, 5.41) is 7.36. The summed E-state index contributed by atoms with van der Waals surface area (Å²) in [6.07, 6.45) is 2.59. The molecule has 0 aliphatic heterocycles. The lowest BCUT2D eigenvalue weighted by atomic mass is 9.97. The van der Waals surface area contributed by atoms with Gasteiger partial charge in [-0.2, -0.15) is 5.10 Å². The van der Waals surface area contributed by atoms with Gasteiger partial charge in [0, 0.05) is 26.6 Å². The fraction of sp³-hybridized carbons (Fsp3) is 0.818. The maximum atomic E-state index is 5.53. The maximum absolute atomic E-state index is 5.53. The Morgan fingerprint density at radius 3 is 2.56 bits per heavy atom. The molecule has 1 N–H and O–H groups in total. The Morgan fingerprint density at radius 1 is 1.50 bits per heavy atom. The SMILES string of the molecule is CNC(Cc1ncnn1C)C(OC)C(C)C. The second-order valence-corrected chi connectivity index (χ2v) is 4.34. The minimum Gasteiger partial charge on any atom is -0.380 e. The highest BCUT2D eigenvalue weighted by molar-refractivity contribution is 4.92. The number of aromatic nitrogens is 3. The van der Waals surface area contributed by atoms with Gasteiger partial charge in [-0.25, -0.2) is 4.98 Å². The number of rotatable bonds is 6. The van der Waals surface area contributed by atoms with Gasteiger partial charge in [0.2, 0.25) is 0 Å². The van der Waals surface area contributed by atoms with Crippen molar-refractivity contribution in [3.63, 3.8) is 0 Å². The van der Waals surface area contributed by atoms with Crippen LogP contribution in [0, 0.1) is 5.92 Å². The van der Waals surface area contributed by atoms with Crippen LogP contribution < -0.4 is 5.32 Å². The van der Waals surface area contributed by atoms with E-state index in [0.29, 0.717) is 5.92 Å². The minimum absolute atomic E-state index is 0.182. The first-order chi connectivity index (χ1) is 7.60. The van der Waals surface area contributed by atoms with Crippen LogP contribution in [0.4, 0.5) is 0 Å². The normalized spacial score (nSPS) is 15.4. The van der Waals surface area contributed by atoms with Gasteiger partial charge >= 0.3 is 0 Å². The van der Waals surface area contributed by atoms with Gasteiger partial charge in [-0.05, 0) is 13.0 Å². The molecule has 92 valence electrons. The van der Waals surface area contributed by atoms with E-state index < -0.39 is 0 Å². The van der Waals surface area contributed by atoms with Crippen molar-refractivity contribution >= 4 is 0 Å². The fourth-order valence-electron chi connectivity index (χ4n) is 1.99. The van der Waals surface area contributed by atoms with Crippen molar-refractivity contribution in [1.82, 2.24) is 20.1 Å². The molecule has 5 heteroatoms. The van der Waals surface area contributed by atoms with E-state index in [1.807, 2.05) is 14.1 Å². The van der Waals surface area contributed by atoms with Crippen LogP contribution in [0.25, 0.3) is 0 Å². The summed E-state index contributed by atoms with van der Waals surface area (Å²) in [6.45, 7) is 4.32. The highest BCUT2D eigenvalue weighted by Gasteiger charge is 2.24. The molecule has 0 bridgehead atoms. The molecular weight excluding hydrogens is 204 g/mol. The van der Waals surface area contributed by atoms with E-state index in [0.717, 1.165) is 12.2 Å². The van der Waals surface area contributed by atoms with Crippen LogP contribution in [0.3, 0.4) is 0 Å². The average molecular weight is 226 g/mol. The standard InChI is InChI=1S/C11H22N4O/c1-8(2)11(16-5)9(12-3)6-10-13-7-14-15(10)4/h7-9,11-12H,6H2,1-5H3. The molecule has 0 radical (unpaired) electrons. The number of methoxy groups -OCH3 is 1. The Labute approximate surface area is 97.2 Å². The zero-order chi connectivity index (χ0) is 12.1. The van der Waals surface area contributed by atoms with Crippen molar-refractivity contribution in [1.29, 1.82) is 0 Å². The van der Waals surface area contributed by atoms with E-state index in [1.165, 1.54) is 0 Å². The van der Waals surface area contributed by atoms with Gasteiger partial charge in [0.05, 0.1) is 6.10 Å². The molecule has 0 saturated heterocycles. The van der Waals surface area contributed by atoms with E-state index in [9.17, 15) is 0 Å². The second kappa shape index (κ2) is 5.96. The third kappa shape index (κ3) is 3.02. The van der Waals surface area contributed by atoms with E-state index in [2.05, 4.69) is 29.2 Å². The highest BCUT2D eigenvalue weighted by Crippen LogP contribution is 2.13. The van der Waals surface area contributed by atoms with Crippen LogP contribution in [0.2, 0.25) is 0 Å². The quantitative estimate of drug-likeness (QED) is 0.772. The van der Waals surface area contributed by atoms with Crippen LogP contribution in [-0.2, 0) is 18.2 Å². The molecule has 1 aromatic rings. The van der Waals surface area contributed by atoms with Crippen molar-refractivity contribution in [2.24, 2.45) is 13.0 Å². The zero-order valence-corrected chi connectivity index (χ0v) is 10.8. The molecule has 0 aliphatic carbocycles. The van der Waals surface area contributed by atoms with Gasteiger partial charge in [0.15, 0.2) is 0 Å². The van der Waals surface area contributed by atoms with E-state index >= 15 is 0 Å². The minimum atomic E-state index is 0.182. The first-order valence-electron chi connectivity index (χ1n) is 5.63. The molecule has 0 fully saturated rings. The molecule has 0 aromatic carbocycles. The third-order valence-electron chi connectivity index (χ3n) is 2.90. The largest absolute Gasteiger partial charge is 0.380 e. The molecule has 0 aliphatic rings. The predicted molar refractivity (Wildman–Crippen MR) is 63.2 cm³/mol. The molecule has 0 saturated carbocycles. The van der Waals surface area contributed by atoms with Gasteiger partial charge in [-0.1, -0.05) is 13.8 Å². The number of likely N-dealkylation sites (N-methyl/N-ethyl adjacent to an activating group) is 1. The van der Waals surface area contributed by atoms with E-state index in [4.69, 9.17) is 4.74 Å².